The molecule has 0 saturated carbocycles. The Labute approximate surface area is 194 Å². The van der Waals surface area contributed by atoms with Gasteiger partial charge >= 0.3 is 0 Å². The SMILES string of the molecule is C=C1/C=C\C=C/N(c2ccccc2)c2cc3c(cc2-c2ccccc21)c1ccccc1n3C. The highest BCUT2D eigenvalue weighted by Crippen LogP contribution is 2.43. The highest BCUT2D eigenvalue weighted by atomic mass is 15.1. The summed E-state index contributed by atoms with van der Waals surface area (Å²) in [6, 6.07) is 32.4. The molecule has 0 N–H and O–H groups in total. The molecule has 0 atom stereocenters. The maximum Gasteiger partial charge on any atom is 0.0555 e. The molecule has 0 fully saturated rings. The summed E-state index contributed by atoms with van der Waals surface area (Å²) in [4.78, 5) is 2.28. The summed E-state index contributed by atoms with van der Waals surface area (Å²) in [6.07, 6.45) is 8.37. The van der Waals surface area contributed by atoms with E-state index in [-0.39, 0.29) is 0 Å². The van der Waals surface area contributed by atoms with Gasteiger partial charge in [-0.3, -0.25) is 0 Å². The van der Waals surface area contributed by atoms with E-state index in [9.17, 15) is 0 Å². The molecule has 6 rings (SSSR count). The molecule has 1 aromatic heterocycles. The minimum atomic E-state index is 1.01. The molecule has 2 nitrogen and oxygen atoms in total. The standard InChI is InChI=1S/C31H24N2/c1-22-12-10-11-19-33(23-13-4-3-5-14-23)31-21-30-28(26-17-8-9-18-29(26)32(30)2)20-27(31)25-16-7-6-15-24(22)25/h3-21H,1H2,2H3/b12-10-,19-11-. The number of benzene rings is 4. The van der Waals surface area contributed by atoms with Crippen molar-refractivity contribution in [2.45, 2.75) is 0 Å². The zero-order chi connectivity index (χ0) is 22.4. The lowest BCUT2D eigenvalue weighted by Crippen LogP contribution is -2.10. The first-order valence-corrected chi connectivity index (χ1v) is 11.2. The topological polar surface area (TPSA) is 8.17 Å². The van der Waals surface area contributed by atoms with Crippen molar-refractivity contribution in [3.05, 3.63) is 128 Å². The van der Waals surface area contributed by atoms with Crippen LogP contribution < -0.4 is 4.90 Å². The van der Waals surface area contributed by atoms with Crippen LogP contribution in [0.1, 0.15) is 5.56 Å². The van der Waals surface area contributed by atoms with E-state index < -0.39 is 0 Å². The van der Waals surface area contributed by atoms with Gasteiger partial charge < -0.3 is 9.47 Å². The Morgan fingerprint density at radius 2 is 1.36 bits per heavy atom. The first-order valence-electron chi connectivity index (χ1n) is 11.2. The fraction of sp³-hybridized carbons (Fsp3) is 0.0323. The number of allylic oxidation sites excluding steroid dienone is 4. The summed E-state index contributed by atoms with van der Waals surface area (Å²) in [5.41, 5.74) is 9.26. The molecule has 0 unspecified atom stereocenters. The van der Waals surface area contributed by atoms with E-state index >= 15 is 0 Å². The largest absolute Gasteiger partial charge is 0.344 e. The molecule has 1 aliphatic rings. The van der Waals surface area contributed by atoms with Crippen molar-refractivity contribution in [2.75, 3.05) is 4.90 Å². The second-order valence-electron chi connectivity index (χ2n) is 8.44. The molecule has 2 heterocycles. The van der Waals surface area contributed by atoms with Crippen LogP contribution in [0.2, 0.25) is 0 Å². The van der Waals surface area contributed by atoms with Gasteiger partial charge in [0, 0.05) is 40.8 Å². The summed E-state index contributed by atoms with van der Waals surface area (Å²) in [6.45, 7) is 4.36. The fourth-order valence-electron chi connectivity index (χ4n) is 4.90. The van der Waals surface area contributed by atoms with Gasteiger partial charge in [-0.15, -0.1) is 0 Å². The molecule has 0 spiro atoms. The van der Waals surface area contributed by atoms with E-state index in [0.717, 1.165) is 22.5 Å². The Morgan fingerprint density at radius 3 is 2.21 bits per heavy atom. The van der Waals surface area contributed by atoms with E-state index in [0.29, 0.717) is 0 Å². The van der Waals surface area contributed by atoms with Crippen molar-refractivity contribution in [3.63, 3.8) is 0 Å². The number of aromatic nitrogens is 1. The third-order valence-electron chi connectivity index (χ3n) is 6.53. The molecule has 0 radical (unpaired) electrons. The van der Waals surface area contributed by atoms with E-state index in [1.54, 1.807) is 0 Å². The molecule has 5 aromatic rings. The second-order valence-corrected chi connectivity index (χ2v) is 8.44. The fourth-order valence-corrected chi connectivity index (χ4v) is 4.90. The Balaban J connectivity index is 1.77. The number of aryl methyl sites for hydroxylation is 1. The molecular formula is C31H24N2. The Morgan fingerprint density at radius 1 is 0.636 bits per heavy atom. The van der Waals surface area contributed by atoms with Crippen LogP contribution in [-0.4, -0.2) is 4.57 Å². The summed E-state index contributed by atoms with van der Waals surface area (Å²) < 4.78 is 2.29. The van der Waals surface area contributed by atoms with Crippen LogP contribution in [0.4, 0.5) is 11.4 Å². The molecule has 2 heteroatoms. The third-order valence-corrected chi connectivity index (χ3v) is 6.53. The second kappa shape index (κ2) is 7.68. The maximum absolute atomic E-state index is 4.36. The van der Waals surface area contributed by atoms with Crippen LogP contribution in [0.15, 0.2) is 122 Å². The van der Waals surface area contributed by atoms with Crippen molar-refractivity contribution >= 4 is 38.8 Å². The average Bonchev–Trinajstić information content (AvgIpc) is 3.15. The number of rotatable bonds is 1. The van der Waals surface area contributed by atoms with Crippen LogP contribution in [0.5, 0.6) is 0 Å². The van der Waals surface area contributed by atoms with Gasteiger partial charge in [-0.05, 0) is 53.1 Å². The molecule has 0 aliphatic carbocycles. The van der Waals surface area contributed by atoms with Gasteiger partial charge in [0.25, 0.3) is 0 Å². The van der Waals surface area contributed by atoms with Gasteiger partial charge in [-0.2, -0.15) is 0 Å². The van der Waals surface area contributed by atoms with E-state index in [1.165, 1.54) is 32.9 Å². The first-order chi connectivity index (χ1) is 16.2. The highest BCUT2D eigenvalue weighted by Gasteiger charge is 2.20. The van der Waals surface area contributed by atoms with Crippen LogP contribution in [0.25, 0.3) is 38.5 Å². The van der Waals surface area contributed by atoms with Crippen molar-refractivity contribution < 1.29 is 0 Å². The van der Waals surface area contributed by atoms with E-state index in [4.69, 9.17) is 0 Å². The van der Waals surface area contributed by atoms with Gasteiger partial charge in [-0.25, -0.2) is 0 Å². The molecule has 0 bridgehead atoms. The van der Waals surface area contributed by atoms with Crippen LogP contribution in [-0.2, 0) is 7.05 Å². The average molecular weight is 425 g/mol. The van der Waals surface area contributed by atoms with Gasteiger partial charge in [0.15, 0.2) is 0 Å². The number of para-hydroxylation sites is 2. The smallest absolute Gasteiger partial charge is 0.0555 e. The predicted molar refractivity (Wildman–Crippen MR) is 142 cm³/mol. The van der Waals surface area contributed by atoms with Crippen LogP contribution >= 0.6 is 0 Å². The zero-order valence-electron chi connectivity index (χ0n) is 18.6. The number of hydrogen-bond acceptors (Lipinski definition) is 1. The number of nitrogens with zero attached hydrogens (tertiary/aromatic N) is 2. The summed E-state index contributed by atoms with van der Waals surface area (Å²) in [5.74, 6) is 0. The van der Waals surface area contributed by atoms with Crippen LogP contribution in [0, 0.1) is 0 Å². The van der Waals surface area contributed by atoms with E-state index in [2.05, 4.69) is 139 Å². The number of fused-ring (bicyclic) bond motifs is 6. The first kappa shape index (κ1) is 19.4. The lowest BCUT2D eigenvalue weighted by Gasteiger charge is -2.26. The Bertz CT molecular complexity index is 1580. The summed E-state index contributed by atoms with van der Waals surface area (Å²) >= 11 is 0. The van der Waals surface area contributed by atoms with Gasteiger partial charge in [0.1, 0.15) is 0 Å². The third kappa shape index (κ3) is 3.11. The maximum atomic E-state index is 4.36. The normalized spacial score (nSPS) is 15.3. The zero-order valence-corrected chi connectivity index (χ0v) is 18.6. The predicted octanol–water partition coefficient (Wildman–Crippen LogP) is 8.23. The Kier molecular flexibility index (Phi) is 4.51. The number of hydrogen-bond donors (Lipinski definition) is 0. The monoisotopic (exact) mass is 424 g/mol. The summed E-state index contributed by atoms with van der Waals surface area (Å²) in [7, 11) is 2.15. The minimum absolute atomic E-state index is 1.01. The van der Waals surface area contributed by atoms with Crippen molar-refractivity contribution in [3.8, 4) is 11.1 Å². The minimum Gasteiger partial charge on any atom is -0.344 e. The Hall–Kier alpha value is -4.30. The van der Waals surface area contributed by atoms with Gasteiger partial charge in [0.2, 0.25) is 0 Å². The van der Waals surface area contributed by atoms with Crippen molar-refractivity contribution in [1.82, 2.24) is 4.57 Å². The lowest BCUT2D eigenvalue weighted by atomic mass is 9.92. The highest BCUT2D eigenvalue weighted by molar-refractivity contribution is 6.12. The molecule has 0 amide bonds. The van der Waals surface area contributed by atoms with Crippen LogP contribution in [0.3, 0.4) is 0 Å². The molecule has 1 aliphatic heterocycles. The molecule has 158 valence electrons. The molecule has 0 saturated heterocycles. The lowest BCUT2D eigenvalue weighted by molar-refractivity contribution is 1.01. The summed E-state index contributed by atoms with van der Waals surface area (Å²) in [5, 5.41) is 2.53. The molecule has 4 aromatic carbocycles. The quantitative estimate of drug-likeness (QED) is 0.263. The van der Waals surface area contributed by atoms with E-state index in [1.807, 2.05) is 0 Å². The van der Waals surface area contributed by atoms with Crippen molar-refractivity contribution in [1.29, 1.82) is 0 Å². The van der Waals surface area contributed by atoms with Gasteiger partial charge in [0.05, 0.1) is 11.2 Å². The number of anilines is 2. The van der Waals surface area contributed by atoms with Gasteiger partial charge in [-0.1, -0.05) is 79.4 Å². The molecular weight excluding hydrogens is 400 g/mol. The van der Waals surface area contributed by atoms with Crippen molar-refractivity contribution in [2.24, 2.45) is 7.05 Å². The molecule has 33 heavy (non-hydrogen) atoms.